The second-order valence-corrected chi connectivity index (χ2v) is 5.11. The molecule has 0 saturated heterocycles. The molecule has 0 bridgehead atoms. The quantitative estimate of drug-likeness (QED) is 0.692. The summed E-state index contributed by atoms with van der Waals surface area (Å²) >= 11 is 0. The van der Waals surface area contributed by atoms with Crippen LogP contribution in [0.2, 0.25) is 0 Å². The molecule has 3 rings (SSSR count). The molecule has 19 heavy (non-hydrogen) atoms. The van der Waals surface area contributed by atoms with Gasteiger partial charge in [-0.25, -0.2) is 4.98 Å². The van der Waals surface area contributed by atoms with E-state index in [4.69, 9.17) is 0 Å². The minimum absolute atomic E-state index is 0.555. The standard InChI is InChI=1S/C16H17N3/c1-11(2)13-4-6-14(7-5-13)19-12(3)18-15-10-17-9-8-16(15)19/h4-11H,1-3H3. The molecular weight excluding hydrogens is 234 g/mol. The van der Waals surface area contributed by atoms with E-state index in [1.807, 2.05) is 19.2 Å². The molecule has 3 nitrogen and oxygen atoms in total. The fourth-order valence-corrected chi connectivity index (χ4v) is 2.39. The Morgan fingerprint density at radius 3 is 2.47 bits per heavy atom. The van der Waals surface area contributed by atoms with E-state index >= 15 is 0 Å². The number of imidazole rings is 1. The number of benzene rings is 1. The van der Waals surface area contributed by atoms with Crippen LogP contribution in [0.1, 0.15) is 31.2 Å². The van der Waals surface area contributed by atoms with Gasteiger partial charge < -0.3 is 0 Å². The topological polar surface area (TPSA) is 30.7 Å². The Hall–Kier alpha value is -2.16. The van der Waals surface area contributed by atoms with E-state index in [0.717, 1.165) is 22.5 Å². The average Bonchev–Trinajstić information content (AvgIpc) is 2.74. The number of fused-ring (bicyclic) bond motifs is 1. The predicted molar refractivity (Wildman–Crippen MR) is 77.7 cm³/mol. The van der Waals surface area contributed by atoms with Gasteiger partial charge in [0, 0.05) is 11.9 Å². The van der Waals surface area contributed by atoms with Gasteiger partial charge in [0.2, 0.25) is 0 Å². The van der Waals surface area contributed by atoms with Crippen LogP contribution < -0.4 is 0 Å². The second-order valence-electron chi connectivity index (χ2n) is 5.11. The van der Waals surface area contributed by atoms with Crippen molar-refractivity contribution in [1.82, 2.24) is 14.5 Å². The Labute approximate surface area is 112 Å². The van der Waals surface area contributed by atoms with E-state index in [1.54, 1.807) is 6.20 Å². The van der Waals surface area contributed by atoms with E-state index < -0.39 is 0 Å². The fourth-order valence-electron chi connectivity index (χ4n) is 2.39. The average molecular weight is 251 g/mol. The molecule has 0 aliphatic heterocycles. The first-order chi connectivity index (χ1) is 9.16. The molecule has 2 heterocycles. The van der Waals surface area contributed by atoms with Crippen molar-refractivity contribution in [3.63, 3.8) is 0 Å². The Morgan fingerprint density at radius 2 is 1.79 bits per heavy atom. The molecule has 3 aromatic rings. The third-order valence-corrected chi connectivity index (χ3v) is 3.44. The van der Waals surface area contributed by atoms with E-state index in [0.29, 0.717) is 5.92 Å². The van der Waals surface area contributed by atoms with Gasteiger partial charge in [-0.3, -0.25) is 9.55 Å². The van der Waals surface area contributed by atoms with Crippen LogP contribution in [-0.2, 0) is 0 Å². The van der Waals surface area contributed by atoms with Crippen molar-refractivity contribution in [3.8, 4) is 5.69 Å². The Balaban J connectivity index is 2.16. The minimum Gasteiger partial charge on any atom is -0.296 e. The molecule has 0 radical (unpaired) electrons. The Morgan fingerprint density at radius 1 is 1.05 bits per heavy atom. The molecule has 0 fully saturated rings. The number of nitrogens with zero attached hydrogens (tertiary/aromatic N) is 3. The van der Waals surface area contributed by atoms with Crippen molar-refractivity contribution in [2.45, 2.75) is 26.7 Å². The van der Waals surface area contributed by atoms with Crippen LogP contribution in [0.3, 0.4) is 0 Å². The normalized spacial score (nSPS) is 11.4. The van der Waals surface area contributed by atoms with Crippen LogP contribution in [0, 0.1) is 6.92 Å². The van der Waals surface area contributed by atoms with Gasteiger partial charge in [-0.2, -0.15) is 0 Å². The van der Waals surface area contributed by atoms with Crippen LogP contribution >= 0.6 is 0 Å². The van der Waals surface area contributed by atoms with Crippen LogP contribution in [0.25, 0.3) is 16.7 Å². The Bertz CT molecular complexity index is 708. The largest absolute Gasteiger partial charge is 0.296 e. The van der Waals surface area contributed by atoms with E-state index in [2.05, 4.69) is 52.6 Å². The number of hydrogen-bond donors (Lipinski definition) is 0. The van der Waals surface area contributed by atoms with E-state index in [-0.39, 0.29) is 0 Å². The van der Waals surface area contributed by atoms with Gasteiger partial charge in [0.1, 0.15) is 11.3 Å². The molecule has 0 saturated carbocycles. The first-order valence-electron chi connectivity index (χ1n) is 6.56. The maximum Gasteiger partial charge on any atom is 0.111 e. The van der Waals surface area contributed by atoms with E-state index in [9.17, 15) is 0 Å². The fraction of sp³-hybridized carbons (Fsp3) is 0.250. The van der Waals surface area contributed by atoms with Crippen LogP contribution in [-0.4, -0.2) is 14.5 Å². The number of aryl methyl sites for hydroxylation is 1. The second kappa shape index (κ2) is 4.50. The number of rotatable bonds is 2. The summed E-state index contributed by atoms with van der Waals surface area (Å²) < 4.78 is 2.17. The smallest absolute Gasteiger partial charge is 0.111 e. The van der Waals surface area contributed by atoms with Crippen molar-refractivity contribution in [2.75, 3.05) is 0 Å². The lowest BCUT2D eigenvalue weighted by molar-refractivity contribution is 0.864. The molecule has 0 amide bonds. The zero-order valence-corrected chi connectivity index (χ0v) is 11.5. The van der Waals surface area contributed by atoms with Gasteiger partial charge in [0.15, 0.2) is 0 Å². The monoisotopic (exact) mass is 251 g/mol. The van der Waals surface area contributed by atoms with E-state index in [1.165, 1.54) is 5.56 Å². The summed E-state index contributed by atoms with van der Waals surface area (Å²) in [5.74, 6) is 1.54. The maximum absolute atomic E-state index is 4.55. The third kappa shape index (κ3) is 2.01. The summed E-state index contributed by atoms with van der Waals surface area (Å²) in [5, 5.41) is 0. The molecule has 0 N–H and O–H groups in total. The van der Waals surface area contributed by atoms with Crippen LogP contribution in [0.4, 0.5) is 0 Å². The van der Waals surface area contributed by atoms with Crippen LogP contribution in [0.15, 0.2) is 42.7 Å². The summed E-state index contributed by atoms with van der Waals surface area (Å²) in [6, 6.07) is 10.7. The summed E-state index contributed by atoms with van der Waals surface area (Å²) in [4.78, 5) is 8.67. The molecule has 3 heteroatoms. The summed E-state index contributed by atoms with van der Waals surface area (Å²) in [7, 11) is 0. The highest BCUT2D eigenvalue weighted by Crippen LogP contribution is 2.22. The molecule has 0 aliphatic carbocycles. The first kappa shape index (κ1) is 11.9. The summed E-state index contributed by atoms with van der Waals surface area (Å²) in [6.45, 7) is 6.44. The first-order valence-corrected chi connectivity index (χ1v) is 6.56. The van der Waals surface area contributed by atoms with Crippen molar-refractivity contribution in [2.24, 2.45) is 0 Å². The zero-order valence-electron chi connectivity index (χ0n) is 11.5. The molecule has 0 unspecified atom stereocenters. The van der Waals surface area contributed by atoms with Crippen LogP contribution in [0.5, 0.6) is 0 Å². The lowest BCUT2D eigenvalue weighted by Gasteiger charge is -2.09. The number of hydrogen-bond acceptors (Lipinski definition) is 2. The highest BCUT2D eigenvalue weighted by molar-refractivity contribution is 5.77. The highest BCUT2D eigenvalue weighted by Gasteiger charge is 2.09. The van der Waals surface area contributed by atoms with Crippen molar-refractivity contribution in [3.05, 3.63) is 54.1 Å². The lowest BCUT2D eigenvalue weighted by Crippen LogP contribution is -1.97. The third-order valence-electron chi connectivity index (χ3n) is 3.44. The van der Waals surface area contributed by atoms with Gasteiger partial charge in [-0.05, 0) is 36.6 Å². The molecule has 0 aliphatic rings. The molecule has 0 atom stereocenters. The van der Waals surface area contributed by atoms with Gasteiger partial charge in [-0.1, -0.05) is 26.0 Å². The van der Waals surface area contributed by atoms with Gasteiger partial charge >= 0.3 is 0 Å². The number of pyridine rings is 1. The van der Waals surface area contributed by atoms with Gasteiger partial charge in [0.25, 0.3) is 0 Å². The summed E-state index contributed by atoms with van der Waals surface area (Å²) in [5.41, 5.74) is 4.54. The molecule has 0 spiro atoms. The molecule has 96 valence electrons. The van der Waals surface area contributed by atoms with Gasteiger partial charge in [0.05, 0.1) is 11.7 Å². The highest BCUT2D eigenvalue weighted by atomic mass is 15.1. The maximum atomic E-state index is 4.55. The number of aromatic nitrogens is 3. The van der Waals surface area contributed by atoms with Gasteiger partial charge in [-0.15, -0.1) is 0 Å². The van der Waals surface area contributed by atoms with Crippen molar-refractivity contribution >= 4 is 11.0 Å². The summed E-state index contributed by atoms with van der Waals surface area (Å²) in [6.07, 6.45) is 3.61. The Kier molecular flexibility index (Phi) is 2.82. The van der Waals surface area contributed by atoms with Crippen molar-refractivity contribution < 1.29 is 0 Å². The minimum atomic E-state index is 0.555. The molecular formula is C16H17N3. The van der Waals surface area contributed by atoms with Crippen molar-refractivity contribution in [1.29, 1.82) is 0 Å². The predicted octanol–water partition coefficient (Wildman–Crippen LogP) is 3.85. The molecule has 2 aromatic heterocycles. The molecule has 1 aromatic carbocycles. The SMILES string of the molecule is Cc1nc2cnccc2n1-c1ccc(C(C)C)cc1. The lowest BCUT2D eigenvalue weighted by atomic mass is 10.0. The zero-order chi connectivity index (χ0) is 13.4.